The Hall–Kier alpha value is 0.0700. The summed E-state index contributed by atoms with van der Waals surface area (Å²) < 4.78 is 18.7. The van der Waals surface area contributed by atoms with Gasteiger partial charge in [0.05, 0.1) is 0 Å². The molecule has 0 aromatic rings. The first-order valence-corrected chi connectivity index (χ1v) is 4.26. The predicted molar refractivity (Wildman–Crippen MR) is 34.2 cm³/mol. The molecule has 0 amide bonds. The van der Waals surface area contributed by atoms with Gasteiger partial charge in [-0.25, -0.2) is 4.57 Å². The smallest absolute Gasteiger partial charge is 0.367 e. The summed E-state index contributed by atoms with van der Waals surface area (Å²) in [6, 6.07) is 0. The highest BCUT2D eigenvalue weighted by atomic mass is 31.2. The van der Waals surface area contributed by atoms with Gasteiger partial charge in [0.2, 0.25) is 0 Å². The summed E-state index contributed by atoms with van der Waals surface area (Å²) in [5.74, 6) is 0. The van der Waals surface area contributed by atoms with Crippen molar-refractivity contribution in [2.24, 2.45) is 0 Å². The molecule has 0 aromatic carbocycles. The zero-order valence-electron chi connectivity index (χ0n) is 5.85. The highest BCUT2D eigenvalue weighted by Gasteiger charge is 2.22. The maximum atomic E-state index is 10.5. The van der Waals surface area contributed by atoms with Gasteiger partial charge in [-0.15, -0.1) is 0 Å². The molecule has 2 N–H and O–H groups in total. The molecule has 2 atom stereocenters. The third-order valence-electron chi connectivity index (χ3n) is 0.835. The van der Waals surface area contributed by atoms with Crippen LogP contribution >= 0.6 is 7.82 Å². The highest BCUT2D eigenvalue weighted by Crippen LogP contribution is 2.43. The van der Waals surface area contributed by atoms with Crippen molar-refractivity contribution in [3.05, 3.63) is 0 Å². The molecule has 0 rings (SSSR count). The van der Waals surface area contributed by atoms with Crippen LogP contribution in [-0.4, -0.2) is 23.4 Å². The van der Waals surface area contributed by atoms with E-state index in [-0.39, 0.29) is 6.42 Å². The lowest BCUT2D eigenvalue weighted by Crippen LogP contribution is -2.08. The second-order valence-corrected chi connectivity index (χ2v) is 3.13. The zero-order valence-corrected chi connectivity index (χ0v) is 6.75. The lowest BCUT2D eigenvalue weighted by Gasteiger charge is -2.12. The minimum Gasteiger partial charge on any atom is -0.367 e. The normalized spacial score (nSPS) is 20.0. The zero-order chi connectivity index (χ0) is 8.20. The fourth-order valence-electron chi connectivity index (χ4n) is 0.271. The van der Waals surface area contributed by atoms with Crippen LogP contribution < -0.4 is 0 Å². The molecule has 0 aliphatic heterocycles. The lowest BCUT2D eigenvalue weighted by molar-refractivity contribution is -0.0408. The third-order valence-corrected chi connectivity index (χ3v) is 1.81. The lowest BCUT2D eigenvalue weighted by atomic mass is 10.5. The molecular formula is C4H11O5P. The van der Waals surface area contributed by atoms with Crippen molar-refractivity contribution >= 4 is 7.82 Å². The van der Waals surface area contributed by atoms with Gasteiger partial charge in [-0.3, -0.25) is 9.05 Å². The van der Waals surface area contributed by atoms with Crippen molar-refractivity contribution in [1.29, 1.82) is 0 Å². The number of phosphoric acid groups is 1. The van der Waals surface area contributed by atoms with E-state index >= 15 is 0 Å². The second kappa shape index (κ2) is 4.05. The molecule has 0 spiro atoms. The van der Waals surface area contributed by atoms with E-state index in [1.54, 1.807) is 6.92 Å². The maximum Gasteiger partial charge on any atom is 0.474 e. The monoisotopic (exact) mass is 170 g/mol. The van der Waals surface area contributed by atoms with E-state index in [0.717, 1.165) is 7.11 Å². The summed E-state index contributed by atoms with van der Waals surface area (Å²) in [7, 11) is -2.97. The van der Waals surface area contributed by atoms with Crippen LogP contribution in [0.2, 0.25) is 0 Å². The van der Waals surface area contributed by atoms with Crippen molar-refractivity contribution in [3.8, 4) is 0 Å². The van der Waals surface area contributed by atoms with E-state index in [0.29, 0.717) is 0 Å². The molecule has 10 heavy (non-hydrogen) atoms. The van der Waals surface area contributed by atoms with Crippen LogP contribution in [0.1, 0.15) is 13.3 Å². The van der Waals surface area contributed by atoms with Gasteiger partial charge in [-0.2, -0.15) is 0 Å². The topological polar surface area (TPSA) is 76.0 Å². The number of hydrogen-bond donors (Lipinski definition) is 2. The first-order chi connectivity index (χ1) is 4.52. The number of hydrogen-bond acceptors (Lipinski definition) is 4. The van der Waals surface area contributed by atoms with Crippen LogP contribution in [0.4, 0.5) is 0 Å². The minimum absolute atomic E-state index is 0.244. The van der Waals surface area contributed by atoms with Gasteiger partial charge in [-0.05, 0) is 6.42 Å². The molecule has 0 aromatic heterocycles. The predicted octanol–water partition coefficient (Wildman–Crippen LogP) is 0.478. The van der Waals surface area contributed by atoms with Crippen molar-refractivity contribution in [3.63, 3.8) is 0 Å². The number of aliphatic hydroxyl groups excluding tert-OH is 1. The third kappa shape index (κ3) is 3.98. The molecule has 62 valence electrons. The largest absolute Gasteiger partial charge is 0.474 e. The van der Waals surface area contributed by atoms with E-state index in [9.17, 15) is 4.57 Å². The Balaban J connectivity index is 3.77. The van der Waals surface area contributed by atoms with Crippen LogP contribution in [0.3, 0.4) is 0 Å². The van der Waals surface area contributed by atoms with Gasteiger partial charge < -0.3 is 10.00 Å². The summed E-state index contributed by atoms with van der Waals surface area (Å²) >= 11 is 0. The Morgan fingerprint density at radius 2 is 2.20 bits per heavy atom. The van der Waals surface area contributed by atoms with Crippen LogP contribution in [0, 0.1) is 0 Å². The molecule has 0 saturated heterocycles. The fraction of sp³-hybridized carbons (Fsp3) is 1.00. The molecule has 0 saturated carbocycles. The van der Waals surface area contributed by atoms with Crippen molar-refractivity contribution in [1.82, 2.24) is 0 Å². The van der Waals surface area contributed by atoms with Crippen LogP contribution in [0.5, 0.6) is 0 Å². The maximum absolute atomic E-state index is 10.5. The summed E-state index contributed by atoms with van der Waals surface area (Å²) in [6.07, 6.45) is -0.996. The summed E-state index contributed by atoms with van der Waals surface area (Å²) in [5, 5.41) is 8.69. The Kier molecular flexibility index (Phi) is 4.08. The molecule has 0 bridgehead atoms. The number of aliphatic hydroxyl groups is 1. The highest BCUT2D eigenvalue weighted by molar-refractivity contribution is 7.47. The first kappa shape index (κ1) is 10.1. The van der Waals surface area contributed by atoms with E-state index in [1.165, 1.54) is 0 Å². The molecule has 6 heteroatoms. The summed E-state index contributed by atoms with van der Waals surface area (Å²) in [6.45, 7) is 1.61. The molecule has 0 aliphatic carbocycles. The van der Waals surface area contributed by atoms with Crippen LogP contribution in [0.15, 0.2) is 0 Å². The fourth-order valence-corrected chi connectivity index (χ4v) is 0.814. The Morgan fingerprint density at radius 3 is 2.50 bits per heavy atom. The summed E-state index contributed by atoms with van der Waals surface area (Å²) in [5.41, 5.74) is 0. The molecule has 0 radical (unpaired) electrons. The molecule has 0 fully saturated rings. The first-order valence-electron chi connectivity index (χ1n) is 2.77. The van der Waals surface area contributed by atoms with Crippen LogP contribution in [0.25, 0.3) is 0 Å². The van der Waals surface area contributed by atoms with Crippen molar-refractivity contribution in [2.75, 3.05) is 7.11 Å². The SMILES string of the molecule is CCC(O)OP(=O)(O)OC. The van der Waals surface area contributed by atoms with Gasteiger partial charge in [0.15, 0.2) is 6.29 Å². The summed E-state index contributed by atoms with van der Waals surface area (Å²) in [4.78, 5) is 8.58. The molecule has 2 unspecified atom stereocenters. The van der Waals surface area contributed by atoms with Crippen molar-refractivity contribution in [2.45, 2.75) is 19.6 Å². The quantitative estimate of drug-likeness (QED) is 0.474. The van der Waals surface area contributed by atoms with Gasteiger partial charge in [0.25, 0.3) is 0 Å². The van der Waals surface area contributed by atoms with Crippen LogP contribution in [-0.2, 0) is 13.6 Å². The average Bonchev–Trinajstić information content (AvgIpc) is 1.87. The molecule has 0 heterocycles. The van der Waals surface area contributed by atoms with Gasteiger partial charge >= 0.3 is 7.82 Å². The standard InChI is InChI=1S/C4H11O5P/c1-3-4(5)9-10(6,7)8-2/h4-5H,3H2,1-2H3,(H,6,7). The molecule has 5 nitrogen and oxygen atoms in total. The number of rotatable bonds is 4. The van der Waals surface area contributed by atoms with E-state index in [1.807, 2.05) is 0 Å². The minimum atomic E-state index is -4.00. The van der Waals surface area contributed by atoms with E-state index < -0.39 is 14.1 Å². The van der Waals surface area contributed by atoms with Gasteiger partial charge in [0.1, 0.15) is 0 Å². The number of phosphoric ester groups is 1. The van der Waals surface area contributed by atoms with Gasteiger partial charge in [-0.1, -0.05) is 6.92 Å². The second-order valence-electron chi connectivity index (χ2n) is 1.62. The Labute approximate surface area is 59.2 Å². The van der Waals surface area contributed by atoms with E-state index in [2.05, 4.69) is 9.05 Å². The van der Waals surface area contributed by atoms with Gasteiger partial charge in [0, 0.05) is 7.11 Å². The molecular weight excluding hydrogens is 159 g/mol. The average molecular weight is 170 g/mol. The van der Waals surface area contributed by atoms with Crippen molar-refractivity contribution < 1.29 is 23.6 Å². The van der Waals surface area contributed by atoms with E-state index in [4.69, 9.17) is 10.00 Å². The Bertz CT molecular complexity index is 136. The Morgan fingerprint density at radius 1 is 1.70 bits per heavy atom. The molecule has 0 aliphatic rings.